The SMILES string of the molecule is COc1cccc(-c2nn(-c3ccc(C)cc3)cc2C(=O)NCCN2CC(C)OC(C)C2)c1. The molecule has 0 radical (unpaired) electrons. The molecule has 33 heavy (non-hydrogen) atoms. The summed E-state index contributed by atoms with van der Waals surface area (Å²) in [5, 5.41) is 7.85. The number of methoxy groups -OCH3 is 1. The molecule has 1 aliphatic rings. The Balaban J connectivity index is 1.55. The molecule has 2 heterocycles. The van der Waals surface area contributed by atoms with Crippen LogP contribution in [0.25, 0.3) is 16.9 Å². The monoisotopic (exact) mass is 448 g/mol. The number of benzene rings is 2. The second-order valence-corrected chi connectivity index (χ2v) is 8.68. The van der Waals surface area contributed by atoms with E-state index in [1.807, 2.05) is 55.5 Å². The Labute approximate surface area is 195 Å². The van der Waals surface area contributed by atoms with Gasteiger partial charge in [0.25, 0.3) is 5.91 Å². The van der Waals surface area contributed by atoms with Gasteiger partial charge in [-0.15, -0.1) is 0 Å². The molecule has 1 N–H and O–H groups in total. The van der Waals surface area contributed by atoms with Crippen molar-refractivity contribution in [3.05, 3.63) is 65.9 Å². The van der Waals surface area contributed by atoms with Gasteiger partial charge in [0.15, 0.2) is 0 Å². The minimum atomic E-state index is -0.138. The molecule has 0 saturated carbocycles. The maximum absolute atomic E-state index is 13.2. The van der Waals surface area contributed by atoms with Crippen LogP contribution in [0.3, 0.4) is 0 Å². The lowest BCUT2D eigenvalue weighted by molar-refractivity contribution is -0.0672. The van der Waals surface area contributed by atoms with Crippen LogP contribution in [0.4, 0.5) is 0 Å². The molecule has 0 bridgehead atoms. The molecule has 174 valence electrons. The van der Waals surface area contributed by atoms with Gasteiger partial charge in [0.1, 0.15) is 11.4 Å². The van der Waals surface area contributed by atoms with E-state index in [0.29, 0.717) is 17.8 Å². The quantitative estimate of drug-likeness (QED) is 0.597. The highest BCUT2D eigenvalue weighted by Crippen LogP contribution is 2.27. The summed E-state index contributed by atoms with van der Waals surface area (Å²) in [6, 6.07) is 15.7. The van der Waals surface area contributed by atoms with Crippen LogP contribution in [0.15, 0.2) is 54.7 Å². The third-order valence-corrected chi connectivity index (χ3v) is 5.81. The van der Waals surface area contributed by atoms with Crippen molar-refractivity contribution in [1.29, 1.82) is 0 Å². The lowest BCUT2D eigenvalue weighted by Gasteiger charge is -2.35. The van der Waals surface area contributed by atoms with Crippen LogP contribution in [0.2, 0.25) is 0 Å². The first kappa shape index (κ1) is 23.0. The highest BCUT2D eigenvalue weighted by atomic mass is 16.5. The smallest absolute Gasteiger partial charge is 0.255 e. The van der Waals surface area contributed by atoms with Crippen molar-refractivity contribution in [3.63, 3.8) is 0 Å². The van der Waals surface area contributed by atoms with Crippen molar-refractivity contribution < 1.29 is 14.3 Å². The molecule has 2 unspecified atom stereocenters. The van der Waals surface area contributed by atoms with Gasteiger partial charge in [-0.25, -0.2) is 4.68 Å². The average Bonchev–Trinajstić information content (AvgIpc) is 3.24. The van der Waals surface area contributed by atoms with E-state index in [-0.39, 0.29) is 18.1 Å². The van der Waals surface area contributed by atoms with Crippen LogP contribution < -0.4 is 10.1 Å². The summed E-state index contributed by atoms with van der Waals surface area (Å²) in [5.41, 5.74) is 4.07. The fourth-order valence-electron chi connectivity index (χ4n) is 4.24. The van der Waals surface area contributed by atoms with Crippen molar-refractivity contribution in [2.45, 2.75) is 33.0 Å². The van der Waals surface area contributed by atoms with E-state index in [1.54, 1.807) is 18.0 Å². The number of rotatable bonds is 7. The minimum absolute atomic E-state index is 0.138. The lowest BCUT2D eigenvalue weighted by atomic mass is 10.1. The van der Waals surface area contributed by atoms with E-state index in [0.717, 1.165) is 36.6 Å². The van der Waals surface area contributed by atoms with E-state index in [4.69, 9.17) is 14.6 Å². The predicted molar refractivity (Wildman–Crippen MR) is 129 cm³/mol. The number of aryl methyl sites for hydroxylation is 1. The molecule has 1 fully saturated rings. The number of nitrogens with one attached hydrogen (secondary N) is 1. The molecule has 1 aliphatic heterocycles. The number of amides is 1. The van der Waals surface area contributed by atoms with E-state index < -0.39 is 0 Å². The minimum Gasteiger partial charge on any atom is -0.497 e. The fraction of sp³-hybridized carbons (Fsp3) is 0.385. The van der Waals surface area contributed by atoms with Crippen molar-refractivity contribution >= 4 is 5.91 Å². The highest BCUT2D eigenvalue weighted by Gasteiger charge is 2.23. The van der Waals surface area contributed by atoms with Crippen molar-refractivity contribution in [2.75, 3.05) is 33.3 Å². The largest absolute Gasteiger partial charge is 0.497 e. The molecule has 2 atom stereocenters. The maximum Gasteiger partial charge on any atom is 0.255 e. The Kier molecular flexibility index (Phi) is 7.11. The fourth-order valence-corrected chi connectivity index (χ4v) is 4.24. The molecule has 7 nitrogen and oxygen atoms in total. The topological polar surface area (TPSA) is 68.6 Å². The summed E-state index contributed by atoms with van der Waals surface area (Å²) in [5.74, 6) is 0.583. The second-order valence-electron chi connectivity index (χ2n) is 8.68. The Hall–Kier alpha value is -3.16. The van der Waals surface area contributed by atoms with Crippen LogP contribution in [-0.2, 0) is 4.74 Å². The van der Waals surface area contributed by atoms with Crippen LogP contribution in [0, 0.1) is 6.92 Å². The summed E-state index contributed by atoms with van der Waals surface area (Å²) in [6.07, 6.45) is 2.21. The normalized spacial score (nSPS) is 18.8. The zero-order chi connectivity index (χ0) is 23.4. The number of carbonyl (C=O) groups excluding carboxylic acids is 1. The number of carbonyl (C=O) groups is 1. The first-order chi connectivity index (χ1) is 15.9. The summed E-state index contributed by atoms with van der Waals surface area (Å²) >= 11 is 0. The second kappa shape index (κ2) is 10.2. The van der Waals surface area contributed by atoms with Gasteiger partial charge in [-0.05, 0) is 45.0 Å². The molecule has 1 amide bonds. The summed E-state index contributed by atoms with van der Waals surface area (Å²) in [4.78, 5) is 15.6. The molecule has 1 saturated heterocycles. The summed E-state index contributed by atoms with van der Waals surface area (Å²) in [6.45, 7) is 9.31. The van der Waals surface area contributed by atoms with Crippen LogP contribution >= 0.6 is 0 Å². The van der Waals surface area contributed by atoms with Crippen molar-refractivity contribution in [3.8, 4) is 22.7 Å². The Morgan fingerprint density at radius 3 is 2.58 bits per heavy atom. The Morgan fingerprint density at radius 2 is 1.88 bits per heavy atom. The molecule has 2 aromatic carbocycles. The average molecular weight is 449 g/mol. The van der Waals surface area contributed by atoms with Crippen LogP contribution in [0.1, 0.15) is 29.8 Å². The zero-order valence-electron chi connectivity index (χ0n) is 19.7. The van der Waals surface area contributed by atoms with Gasteiger partial charge in [-0.3, -0.25) is 9.69 Å². The number of hydrogen-bond donors (Lipinski definition) is 1. The third kappa shape index (κ3) is 5.61. The van der Waals surface area contributed by atoms with Crippen LogP contribution in [0.5, 0.6) is 5.75 Å². The van der Waals surface area contributed by atoms with E-state index in [1.165, 1.54) is 5.56 Å². The van der Waals surface area contributed by atoms with E-state index >= 15 is 0 Å². The van der Waals surface area contributed by atoms with Crippen LogP contribution in [-0.4, -0.2) is 66.1 Å². The van der Waals surface area contributed by atoms with Crippen molar-refractivity contribution in [2.24, 2.45) is 0 Å². The predicted octanol–water partition coefficient (Wildman–Crippen LogP) is 3.70. The summed E-state index contributed by atoms with van der Waals surface area (Å²) < 4.78 is 12.9. The number of nitrogens with zero attached hydrogens (tertiary/aromatic N) is 3. The molecular formula is C26H32N4O3. The highest BCUT2D eigenvalue weighted by molar-refractivity contribution is 6.00. The number of hydrogen-bond acceptors (Lipinski definition) is 5. The standard InChI is InChI=1S/C26H32N4O3/c1-18-8-10-22(11-9-18)30-17-24(25(28-30)21-6-5-7-23(14-21)32-4)26(31)27-12-13-29-15-19(2)33-20(3)16-29/h5-11,14,17,19-20H,12-13,15-16H2,1-4H3,(H,27,31). The molecule has 7 heteroatoms. The first-order valence-electron chi connectivity index (χ1n) is 11.4. The Bertz CT molecular complexity index is 1080. The Morgan fingerprint density at radius 1 is 1.15 bits per heavy atom. The molecular weight excluding hydrogens is 416 g/mol. The van der Waals surface area contributed by atoms with Crippen molar-refractivity contribution in [1.82, 2.24) is 20.0 Å². The molecule has 0 spiro atoms. The van der Waals surface area contributed by atoms with Gasteiger partial charge in [-0.2, -0.15) is 5.10 Å². The van der Waals surface area contributed by atoms with Gasteiger partial charge >= 0.3 is 0 Å². The molecule has 1 aromatic heterocycles. The summed E-state index contributed by atoms with van der Waals surface area (Å²) in [7, 11) is 1.63. The molecule has 3 aromatic rings. The number of aromatic nitrogens is 2. The number of morpholine rings is 1. The first-order valence-corrected chi connectivity index (χ1v) is 11.4. The molecule has 4 rings (SSSR count). The molecule has 0 aliphatic carbocycles. The maximum atomic E-state index is 13.2. The van der Waals surface area contributed by atoms with Gasteiger partial charge in [-0.1, -0.05) is 29.8 Å². The number of ether oxygens (including phenoxy) is 2. The van der Waals surface area contributed by atoms with E-state index in [9.17, 15) is 4.79 Å². The zero-order valence-corrected chi connectivity index (χ0v) is 19.7. The van der Waals surface area contributed by atoms with E-state index in [2.05, 4.69) is 24.1 Å². The van der Waals surface area contributed by atoms with Gasteiger partial charge < -0.3 is 14.8 Å². The van der Waals surface area contributed by atoms with Gasteiger partial charge in [0.2, 0.25) is 0 Å². The van der Waals surface area contributed by atoms with Gasteiger partial charge in [0, 0.05) is 37.9 Å². The van der Waals surface area contributed by atoms with Gasteiger partial charge in [0.05, 0.1) is 30.6 Å². The lowest BCUT2D eigenvalue weighted by Crippen LogP contribution is -2.47. The third-order valence-electron chi connectivity index (χ3n) is 5.81.